The molecule has 2 rings (SSSR count). The zero-order chi connectivity index (χ0) is 15.6. The van der Waals surface area contributed by atoms with E-state index in [0.29, 0.717) is 12.1 Å². The quantitative estimate of drug-likeness (QED) is 0.723. The van der Waals surface area contributed by atoms with Crippen molar-refractivity contribution in [3.63, 3.8) is 0 Å². The van der Waals surface area contributed by atoms with Gasteiger partial charge in [0.15, 0.2) is 0 Å². The molecule has 0 aromatic heterocycles. The Bertz CT molecular complexity index is 580. The van der Waals surface area contributed by atoms with Crippen LogP contribution in [-0.4, -0.2) is 17.8 Å². The molecule has 6 nitrogen and oxygen atoms in total. The number of rotatable bonds is 4. The lowest BCUT2D eigenvalue weighted by Gasteiger charge is -2.21. The van der Waals surface area contributed by atoms with Crippen LogP contribution in [0.1, 0.15) is 31.9 Å². The monoisotopic (exact) mass is 289 g/mol. The molecule has 1 aromatic rings. The average Bonchev–Trinajstić information content (AvgIpc) is 2.70. The van der Waals surface area contributed by atoms with Crippen molar-refractivity contribution in [1.82, 2.24) is 16.0 Å². The highest BCUT2D eigenvalue weighted by Crippen LogP contribution is 2.24. The fraction of sp³-hybridized carbons (Fsp3) is 0.400. The number of nitrogens with one attached hydrogen (secondary N) is 3. The minimum Gasteiger partial charge on any atom is -0.352 e. The SMILES string of the molecule is CC(C)C(=O)NCc1ccc(C2(C)NC(=O)NC2=O)cc1. The molecule has 0 spiro atoms. The molecule has 1 aliphatic rings. The lowest BCUT2D eigenvalue weighted by atomic mass is 9.91. The van der Waals surface area contributed by atoms with Crippen LogP contribution >= 0.6 is 0 Å². The number of benzene rings is 1. The van der Waals surface area contributed by atoms with Gasteiger partial charge in [-0.15, -0.1) is 0 Å². The topological polar surface area (TPSA) is 87.3 Å². The summed E-state index contributed by atoms with van der Waals surface area (Å²) in [5.41, 5.74) is 0.586. The van der Waals surface area contributed by atoms with Crippen LogP contribution in [0.4, 0.5) is 4.79 Å². The molecule has 4 amide bonds. The van der Waals surface area contributed by atoms with E-state index in [9.17, 15) is 14.4 Å². The second-order valence-corrected chi connectivity index (χ2v) is 5.60. The van der Waals surface area contributed by atoms with Crippen molar-refractivity contribution < 1.29 is 14.4 Å². The van der Waals surface area contributed by atoms with Crippen LogP contribution in [0.25, 0.3) is 0 Å². The minimum absolute atomic E-state index is 0.00604. The summed E-state index contributed by atoms with van der Waals surface area (Å²) in [7, 11) is 0. The number of hydrogen-bond donors (Lipinski definition) is 3. The van der Waals surface area contributed by atoms with Crippen LogP contribution in [0.15, 0.2) is 24.3 Å². The van der Waals surface area contributed by atoms with Gasteiger partial charge < -0.3 is 10.6 Å². The standard InChI is InChI=1S/C15H19N3O3/c1-9(2)12(19)16-8-10-4-6-11(7-5-10)15(3)13(20)17-14(21)18-15/h4-7,9H,8H2,1-3H3,(H,16,19)(H2,17,18,20,21). The van der Waals surface area contributed by atoms with Gasteiger partial charge in [0, 0.05) is 12.5 Å². The van der Waals surface area contributed by atoms with E-state index in [1.54, 1.807) is 19.1 Å². The third-order valence-electron chi connectivity index (χ3n) is 3.57. The van der Waals surface area contributed by atoms with Gasteiger partial charge in [-0.1, -0.05) is 38.1 Å². The number of imide groups is 1. The Balaban J connectivity index is 2.07. The molecule has 112 valence electrons. The fourth-order valence-corrected chi connectivity index (χ4v) is 2.10. The van der Waals surface area contributed by atoms with Gasteiger partial charge in [0.1, 0.15) is 5.54 Å². The molecule has 1 unspecified atom stereocenters. The van der Waals surface area contributed by atoms with Gasteiger partial charge in [0.05, 0.1) is 0 Å². The molecule has 21 heavy (non-hydrogen) atoms. The van der Waals surface area contributed by atoms with E-state index in [1.165, 1.54) is 0 Å². The van der Waals surface area contributed by atoms with Crippen LogP contribution in [-0.2, 0) is 21.7 Å². The lowest BCUT2D eigenvalue weighted by molar-refractivity contribution is -0.124. The van der Waals surface area contributed by atoms with Crippen molar-refractivity contribution in [2.45, 2.75) is 32.9 Å². The summed E-state index contributed by atoms with van der Waals surface area (Å²) in [6.45, 7) is 5.76. The molecule has 1 heterocycles. The minimum atomic E-state index is -1.04. The predicted octanol–water partition coefficient (Wildman–Crippen LogP) is 1.01. The van der Waals surface area contributed by atoms with Crippen LogP contribution in [0, 0.1) is 5.92 Å². The Morgan fingerprint density at radius 3 is 2.33 bits per heavy atom. The van der Waals surface area contributed by atoms with Gasteiger partial charge in [0.2, 0.25) is 5.91 Å². The summed E-state index contributed by atoms with van der Waals surface area (Å²) >= 11 is 0. The molecule has 0 bridgehead atoms. The molecule has 0 saturated carbocycles. The van der Waals surface area contributed by atoms with Crippen LogP contribution < -0.4 is 16.0 Å². The second-order valence-electron chi connectivity index (χ2n) is 5.60. The highest BCUT2D eigenvalue weighted by Gasteiger charge is 2.43. The highest BCUT2D eigenvalue weighted by molar-refractivity contribution is 6.07. The summed E-state index contributed by atoms with van der Waals surface area (Å²) in [6, 6.07) is 6.73. The number of carbonyl (C=O) groups is 3. The van der Waals surface area contributed by atoms with E-state index in [0.717, 1.165) is 5.56 Å². The van der Waals surface area contributed by atoms with E-state index in [4.69, 9.17) is 0 Å². The van der Waals surface area contributed by atoms with Crippen LogP contribution in [0.3, 0.4) is 0 Å². The molecule has 6 heteroatoms. The summed E-state index contributed by atoms with van der Waals surface area (Å²) in [5, 5.41) is 7.66. The Morgan fingerprint density at radius 1 is 1.24 bits per heavy atom. The maximum Gasteiger partial charge on any atom is 0.322 e. The fourth-order valence-electron chi connectivity index (χ4n) is 2.10. The van der Waals surface area contributed by atoms with Gasteiger partial charge in [-0.3, -0.25) is 14.9 Å². The molecule has 3 N–H and O–H groups in total. The van der Waals surface area contributed by atoms with E-state index in [-0.39, 0.29) is 17.7 Å². The van der Waals surface area contributed by atoms with Crippen LogP contribution in [0.2, 0.25) is 0 Å². The first-order valence-corrected chi connectivity index (χ1v) is 6.83. The summed E-state index contributed by atoms with van der Waals surface area (Å²) in [6.07, 6.45) is 0. The van der Waals surface area contributed by atoms with E-state index < -0.39 is 11.6 Å². The smallest absolute Gasteiger partial charge is 0.322 e. The molecular formula is C15H19N3O3. The average molecular weight is 289 g/mol. The van der Waals surface area contributed by atoms with Crippen molar-refractivity contribution in [2.24, 2.45) is 5.92 Å². The third kappa shape index (κ3) is 3.04. The zero-order valence-electron chi connectivity index (χ0n) is 12.3. The first kappa shape index (κ1) is 15.0. The lowest BCUT2D eigenvalue weighted by Crippen LogP contribution is -2.40. The Labute approximate surface area is 123 Å². The summed E-state index contributed by atoms with van der Waals surface area (Å²) in [5.74, 6) is -0.428. The van der Waals surface area contributed by atoms with E-state index in [2.05, 4.69) is 16.0 Å². The summed E-state index contributed by atoms with van der Waals surface area (Å²) < 4.78 is 0. The summed E-state index contributed by atoms with van der Waals surface area (Å²) in [4.78, 5) is 34.6. The molecule has 0 radical (unpaired) electrons. The largest absolute Gasteiger partial charge is 0.352 e. The number of urea groups is 1. The van der Waals surface area contributed by atoms with Crippen LogP contribution in [0.5, 0.6) is 0 Å². The van der Waals surface area contributed by atoms with E-state index in [1.807, 2.05) is 26.0 Å². The van der Waals surface area contributed by atoms with Crippen molar-refractivity contribution in [3.05, 3.63) is 35.4 Å². The van der Waals surface area contributed by atoms with Crippen molar-refractivity contribution in [1.29, 1.82) is 0 Å². The third-order valence-corrected chi connectivity index (χ3v) is 3.57. The number of hydrogen-bond acceptors (Lipinski definition) is 3. The molecule has 1 atom stereocenters. The first-order valence-electron chi connectivity index (χ1n) is 6.83. The highest BCUT2D eigenvalue weighted by atomic mass is 16.2. The maximum atomic E-state index is 11.8. The van der Waals surface area contributed by atoms with Gasteiger partial charge in [0.25, 0.3) is 5.91 Å². The first-order chi connectivity index (χ1) is 9.83. The normalized spacial score (nSPS) is 21.1. The zero-order valence-corrected chi connectivity index (χ0v) is 12.3. The van der Waals surface area contributed by atoms with Crippen molar-refractivity contribution in [2.75, 3.05) is 0 Å². The van der Waals surface area contributed by atoms with Gasteiger partial charge >= 0.3 is 6.03 Å². The Morgan fingerprint density at radius 2 is 1.86 bits per heavy atom. The van der Waals surface area contributed by atoms with Gasteiger partial charge in [-0.25, -0.2) is 4.79 Å². The molecule has 1 fully saturated rings. The Kier molecular flexibility index (Phi) is 3.97. The molecule has 1 aromatic carbocycles. The number of carbonyl (C=O) groups excluding carboxylic acids is 3. The van der Waals surface area contributed by atoms with E-state index >= 15 is 0 Å². The Hall–Kier alpha value is -2.37. The molecule has 1 saturated heterocycles. The second kappa shape index (κ2) is 5.55. The maximum absolute atomic E-state index is 11.8. The number of amides is 4. The van der Waals surface area contributed by atoms with Crippen molar-refractivity contribution >= 4 is 17.8 Å². The van der Waals surface area contributed by atoms with Gasteiger partial charge in [-0.2, -0.15) is 0 Å². The van der Waals surface area contributed by atoms with Gasteiger partial charge in [-0.05, 0) is 18.1 Å². The molecule has 0 aliphatic carbocycles. The predicted molar refractivity (Wildman–Crippen MR) is 77.2 cm³/mol. The molecule has 1 aliphatic heterocycles. The van der Waals surface area contributed by atoms with Crippen molar-refractivity contribution in [3.8, 4) is 0 Å². The molecular weight excluding hydrogens is 270 g/mol.